The zero-order chi connectivity index (χ0) is 11.4. The van der Waals surface area contributed by atoms with Crippen molar-refractivity contribution in [1.82, 2.24) is 4.90 Å². The van der Waals surface area contributed by atoms with Gasteiger partial charge in [-0.2, -0.15) is 0 Å². The SMILES string of the molecule is CC1=CCC(CN(C(=O)O)C(=O)O)C=C1. The minimum Gasteiger partial charge on any atom is -0.465 e. The standard InChI is InChI=1S/C10H13NO4/c1-7-2-4-8(5-3-7)6-11(9(12)13)10(14)15/h2-4,8H,5-6H2,1H3,(H,12,13)(H,14,15). The third-order valence-corrected chi connectivity index (χ3v) is 2.25. The molecule has 1 aliphatic rings. The largest absolute Gasteiger partial charge is 0.465 e. The van der Waals surface area contributed by atoms with Crippen LogP contribution in [0.3, 0.4) is 0 Å². The Morgan fingerprint density at radius 3 is 2.47 bits per heavy atom. The zero-order valence-electron chi connectivity index (χ0n) is 8.38. The van der Waals surface area contributed by atoms with E-state index in [1.807, 2.05) is 25.2 Å². The maximum absolute atomic E-state index is 10.6. The highest BCUT2D eigenvalue weighted by molar-refractivity contribution is 5.85. The van der Waals surface area contributed by atoms with Gasteiger partial charge in [-0.25, -0.2) is 14.5 Å². The molecule has 1 rings (SSSR count). The molecule has 0 aromatic heterocycles. The van der Waals surface area contributed by atoms with Crippen LogP contribution in [0.1, 0.15) is 13.3 Å². The monoisotopic (exact) mass is 211 g/mol. The first kappa shape index (κ1) is 11.3. The highest BCUT2D eigenvalue weighted by Gasteiger charge is 2.23. The quantitative estimate of drug-likeness (QED) is 0.733. The van der Waals surface area contributed by atoms with Gasteiger partial charge < -0.3 is 10.2 Å². The number of carbonyl (C=O) groups is 2. The molecule has 0 heterocycles. The molecule has 0 saturated heterocycles. The highest BCUT2D eigenvalue weighted by Crippen LogP contribution is 2.17. The molecule has 0 fully saturated rings. The number of imide groups is 1. The molecule has 1 atom stereocenters. The van der Waals surface area contributed by atoms with Crippen LogP contribution in [0, 0.1) is 5.92 Å². The number of nitrogens with zero attached hydrogens (tertiary/aromatic N) is 1. The molecule has 0 saturated carbocycles. The van der Waals surface area contributed by atoms with Crippen molar-refractivity contribution in [3.8, 4) is 0 Å². The van der Waals surface area contributed by atoms with Gasteiger partial charge >= 0.3 is 12.2 Å². The third kappa shape index (κ3) is 3.12. The predicted molar refractivity (Wildman–Crippen MR) is 53.8 cm³/mol. The third-order valence-electron chi connectivity index (χ3n) is 2.25. The van der Waals surface area contributed by atoms with E-state index in [0.29, 0.717) is 11.3 Å². The van der Waals surface area contributed by atoms with Crippen LogP contribution in [-0.2, 0) is 0 Å². The lowest BCUT2D eigenvalue weighted by atomic mass is 9.97. The van der Waals surface area contributed by atoms with Crippen LogP contribution < -0.4 is 0 Å². The second-order valence-corrected chi connectivity index (χ2v) is 3.48. The van der Waals surface area contributed by atoms with Crippen molar-refractivity contribution in [2.75, 3.05) is 6.54 Å². The van der Waals surface area contributed by atoms with E-state index in [4.69, 9.17) is 10.2 Å². The normalized spacial score (nSPS) is 19.5. The first-order valence-corrected chi connectivity index (χ1v) is 4.59. The fraction of sp³-hybridized carbons (Fsp3) is 0.400. The minimum absolute atomic E-state index is 0.00898. The van der Waals surface area contributed by atoms with Crippen LogP contribution in [0.5, 0.6) is 0 Å². The summed E-state index contributed by atoms with van der Waals surface area (Å²) in [5, 5.41) is 17.3. The van der Waals surface area contributed by atoms with Gasteiger partial charge in [0.15, 0.2) is 0 Å². The Bertz CT molecular complexity index is 318. The summed E-state index contributed by atoms with van der Waals surface area (Å²) < 4.78 is 0. The van der Waals surface area contributed by atoms with Gasteiger partial charge in [-0.1, -0.05) is 23.8 Å². The van der Waals surface area contributed by atoms with E-state index < -0.39 is 12.2 Å². The van der Waals surface area contributed by atoms with Gasteiger partial charge in [-0.05, 0) is 19.3 Å². The molecule has 2 N–H and O–H groups in total. The summed E-state index contributed by atoms with van der Waals surface area (Å²) in [7, 11) is 0. The van der Waals surface area contributed by atoms with Crippen molar-refractivity contribution in [3.05, 3.63) is 23.8 Å². The highest BCUT2D eigenvalue weighted by atomic mass is 16.4. The summed E-state index contributed by atoms with van der Waals surface area (Å²) >= 11 is 0. The van der Waals surface area contributed by atoms with Crippen molar-refractivity contribution < 1.29 is 19.8 Å². The minimum atomic E-state index is -1.43. The Hall–Kier alpha value is -1.78. The smallest absolute Gasteiger partial charge is 0.416 e. The van der Waals surface area contributed by atoms with Crippen molar-refractivity contribution in [2.24, 2.45) is 5.92 Å². The molecule has 82 valence electrons. The van der Waals surface area contributed by atoms with E-state index >= 15 is 0 Å². The van der Waals surface area contributed by atoms with E-state index in [2.05, 4.69) is 0 Å². The Morgan fingerprint density at radius 1 is 1.47 bits per heavy atom. The fourth-order valence-corrected chi connectivity index (χ4v) is 1.38. The van der Waals surface area contributed by atoms with Gasteiger partial charge in [-0.15, -0.1) is 0 Å². The molecule has 0 spiro atoms. The van der Waals surface area contributed by atoms with Crippen LogP contribution in [-0.4, -0.2) is 33.8 Å². The summed E-state index contributed by atoms with van der Waals surface area (Å²) in [5.74, 6) is -0.0547. The zero-order valence-corrected chi connectivity index (χ0v) is 8.38. The second kappa shape index (κ2) is 4.63. The summed E-state index contributed by atoms with van der Waals surface area (Å²) in [4.78, 5) is 21.6. The average Bonchev–Trinajstić information content (AvgIpc) is 2.15. The molecular formula is C10H13NO4. The maximum atomic E-state index is 10.6. The van der Waals surface area contributed by atoms with Crippen LogP contribution >= 0.6 is 0 Å². The summed E-state index contributed by atoms with van der Waals surface area (Å²) in [5.41, 5.74) is 1.11. The topological polar surface area (TPSA) is 77.8 Å². The predicted octanol–water partition coefficient (Wildman–Crippen LogP) is 2.17. The van der Waals surface area contributed by atoms with Crippen molar-refractivity contribution >= 4 is 12.2 Å². The van der Waals surface area contributed by atoms with E-state index in [0.717, 1.165) is 5.57 Å². The lowest BCUT2D eigenvalue weighted by Gasteiger charge is -2.20. The van der Waals surface area contributed by atoms with E-state index in [1.54, 1.807) is 0 Å². The summed E-state index contributed by atoms with van der Waals surface area (Å²) in [6.45, 7) is 1.93. The molecule has 5 nitrogen and oxygen atoms in total. The number of hydrogen-bond acceptors (Lipinski definition) is 2. The molecule has 0 aromatic carbocycles. The Labute approximate surface area is 87.3 Å². The van der Waals surface area contributed by atoms with Crippen LogP contribution in [0.15, 0.2) is 23.8 Å². The molecular weight excluding hydrogens is 198 g/mol. The number of carboxylic acid groups (broad SMARTS) is 2. The molecule has 2 amide bonds. The number of hydrogen-bond donors (Lipinski definition) is 2. The van der Waals surface area contributed by atoms with Gasteiger partial charge in [0.2, 0.25) is 0 Å². The molecule has 15 heavy (non-hydrogen) atoms. The number of rotatable bonds is 2. The van der Waals surface area contributed by atoms with Crippen LogP contribution in [0.25, 0.3) is 0 Å². The number of amides is 2. The van der Waals surface area contributed by atoms with Crippen LogP contribution in [0.2, 0.25) is 0 Å². The second-order valence-electron chi connectivity index (χ2n) is 3.48. The Kier molecular flexibility index (Phi) is 3.49. The lowest BCUT2D eigenvalue weighted by Crippen LogP contribution is -2.38. The van der Waals surface area contributed by atoms with Crippen molar-refractivity contribution in [2.45, 2.75) is 13.3 Å². The molecule has 0 radical (unpaired) electrons. The van der Waals surface area contributed by atoms with Gasteiger partial charge in [0.1, 0.15) is 0 Å². The lowest BCUT2D eigenvalue weighted by molar-refractivity contribution is 0.119. The van der Waals surface area contributed by atoms with Crippen LogP contribution in [0.4, 0.5) is 9.59 Å². The van der Waals surface area contributed by atoms with Crippen molar-refractivity contribution in [1.29, 1.82) is 0 Å². The molecule has 1 unspecified atom stereocenters. The molecule has 0 aliphatic heterocycles. The van der Waals surface area contributed by atoms with Gasteiger partial charge in [0.05, 0.1) is 0 Å². The van der Waals surface area contributed by atoms with Crippen molar-refractivity contribution in [3.63, 3.8) is 0 Å². The molecule has 1 aliphatic carbocycles. The molecule has 0 bridgehead atoms. The fourth-order valence-electron chi connectivity index (χ4n) is 1.38. The summed E-state index contributed by atoms with van der Waals surface area (Å²) in [6, 6.07) is 0. The maximum Gasteiger partial charge on any atom is 0.416 e. The number of allylic oxidation sites excluding steroid dienone is 3. The first-order chi connectivity index (χ1) is 7.00. The molecule has 5 heteroatoms. The Morgan fingerprint density at radius 2 is 2.07 bits per heavy atom. The van der Waals surface area contributed by atoms with E-state index in [-0.39, 0.29) is 12.5 Å². The van der Waals surface area contributed by atoms with E-state index in [9.17, 15) is 9.59 Å². The van der Waals surface area contributed by atoms with Gasteiger partial charge in [0, 0.05) is 6.54 Å². The van der Waals surface area contributed by atoms with Gasteiger partial charge in [0.25, 0.3) is 0 Å². The average molecular weight is 211 g/mol. The van der Waals surface area contributed by atoms with E-state index in [1.165, 1.54) is 0 Å². The molecule has 0 aromatic rings. The Balaban J connectivity index is 2.58. The summed E-state index contributed by atoms with van der Waals surface area (Å²) in [6.07, 6.45) is 3.50. The van der Waals surface area contributed by atoms with Gasteiger partial charge in [-0.3, -0.25) is 0 Å². The first-order valence-electron chi connectivity index (χ1n) is 4.59.